The summed E-state index contributed by atoms with van der Waals surface area (Å²) >= 11 is 7.41. The van der Waals surface area contributed by atoms with Gasteiger partial charge in [0.15, 0.2) is 10.5 Å². The molecule has 1 aliphatic rings. The highest BCUT2D eigenvalue weighted by atomic mass is 35.5. The van der Waals surface area contributed by atoms with E-state index in [4.69, 9.17) is 11.6 Å². The summed E-state index contributed by atoms with van der Waals surface area (Å²) in [6.45, 7) is 5.74. The molecule has 1 aromatic carbocycles. The van der Waals surface area contributed by atoms with Crippen molar-refractivity contribution < 1.29 is 9.67 Å². The van der Waals surface area contributed by atoms with Crippen molar-refractivity contribution in [2.75, 3.05) is 18.0 Å². The van der Waals surface area contributed by atoms with E-state index >= 15 is 0 Å². The fraction of sp³-hybridized carbons (Fsp3) is 0.316. The molecule has 1 atom stereocenters. The molecule has 0 radical (unpaired) electrons. The van der Waals surface area contributed by atoms with Gasteiger partial charge in [-0.3, -0.25) is 9.69 Å². The second-order valence-electron chi connectivity index (χ2n) is 6.34. The maximum Gasteiger partial charge on any atom is 0.362 e. The Hall–Kier alpha value is -2.38. The second-order valence-corrected chi connectivity index (χ2v) is 7.98. The van der Waals surface area contributed by atoms with Gasteiger partial charge in [0.25, 0.3) is 0 Å². The molecule has 2 aromatic heterocycles. The molecule has 1 aliphatic heterocycles. The van der Waals surface area contributed by atoms with Gasteiger partial charge in [0.05, 0.1) is 23.5 Å². The average molecular weight is 403 g/mol. The number of hydrogen-bond donors (Lipinski definition) is 0. The van der Waals surface area contributed by atoms with E-state index in [0.29, 0.717) is 35.6 Å². The number of nitrogens with zero attached hydrogens (tertiary/aromatic N) is 4. The molecule has 140 valence electrons. The summed E-state index contributed by atoms with van der Waals surface area (Å²) in [6, 6.07) is 8.93. The second kappa shape index (κ2) is 6.98. The number of anilines is 1. The Morgan fingerprint density at radius 3 is 2.67 bits per heavy atom. The topological polar surface area (TPSA) is 65.1 Å². The van der Waals surface area contributed by atoms with Crippen molar-refractivity contribution in [3.8, 4) is 17.0 Å². The molecule has 0 aliphatic carbocycles. The standard InChI is InChI=1S/C19H19ClN4O2S/c1-3-22-11-13(14-10-21-18(20)27-14)24-17(26)15(12-8-6-5-7-9-12)16(25)23(4-2)19(22)24/h5-10,13H,3-4,11H2,1-2H3. The zero-order chi connectivity index (χ0) is 19.1. The van der Waals surface area contributed by atoms with Gasteiger partial charge in [-0.15, -0.1) is 11.3 Å². The minimum Gasteiger partial charge on any atom is -0.848 e. The zero-order valence-corrected chi connectivity index (χ0v) is 16.6. The normalized spacial score (nSPS) is 16.0. The molecule has 0 saturated carbocycles. The molecular formula is C19H19ClN4O2S. The minimum atomic E-state index is -0.267. The number of rotatable bonds is 4. The lowest BCUT2D eigenvalue weighted by Crippen LogP contribution is -2.47. The van der Waals surface area contributed by atoms with Gasteiger partial charge in [0.1, 0.15) is 6.54 Å². The summed E-state index contributed by atoms with van der Waals surface area (Å²) in [5, 5.41) is 13.2. The highest BCUT2D eigenvalue weighted by molar-refractivity contribution is 7.15. The lowest BCUT2D eigenvalue weighted by Gasteiger charge is -2.21. The summed E-state index contributed by atoms with van der Waals surface area (Å²) in [5.41, 5.74) is 0.581. The van der Waals surface area contributed by atoms with Gasteiger partial charge in [-0.25, -0.2) is 9.55 Å². The molecule has 3 aromatic rings. The van der Waals surface area contributed by atoms with Crippen LogP contribution in [0.4, 0.5) is 5.95 Å². The van der Waals surface area contributed by atoms with Gasteiger partial charge in [0.2, 0.25) is 0 Å². The van der Waals surface area contributed by atoms with Crippen molar-refractivity contribution in [2.24, 2.45) is 0 Å². The van der Waals surface area contributed by atoms with E-state index in [0.717, 1.165) is 4.88 Å². The smallest absolute Gasteiger partial charge is 0.362 e. The molecule has 1 unspecified atom stereocenters. The summed E-state index contributed by atoms with van der Waals surface area (Å²) in [6.07, 6.45) is 1.72. The molecule has 0 bridgehead atoms. The van der Waals surface area contributed by atoms with Gasteiger partial charge in [-0.2, -0.15) is 4.57 Å². The molecule has 27 heavy (non-hydrogen) atoms. The third-order valence-electron chi connectivity index (χ3n) is 4.92. The third-order valence-corrected chi connectivity index (χ3v) is 6.14. The van der Waals surface area contributed by atoms with Crippen LogP contribution in [-0.4, -0.2) is 22.6 Å². The van der Waals surface area contributed by atoms with Gasteiger partial charge in [-0.05, 0) is 19.4 Å². The van der Waals surface area contributed by atoms with Crippen LogP contribution in [0.25, 0.3) is 11.1 Å². The molecule has 4 rings (SSSR count). The van der Waals surface area contributed by atoms with Crippen LogP contribution in [0.1, 0.15) is 24.8 Å². The first-order valence-corrected chi connectivity index (χ1v) is 10.1. The van der Waals surface area contributed by atoms with Crippen LogP contribution in [0.3, 0.4) is 0 Å². The summed E-state index contributed by atoms with van der Waals surface area (Å²) < 4.78 is 3.87. The molecule has 0 fully saturated rings. The molecule has 0 N–H and O–H groups in total. The van der Waals surface area contributed by atoms with Crippen LogP contribution < -0.4 is 20.1 Å². The van der Waals surface area contributed by atoms with Crippen LogP contribution in [0.2, 0.25) is 4.47 Å². The number of likely N-dealkylation sites (N-methyl/N-ethyl adjacent to an activating group) is 1. The number of benzene rings is 1. The van der Waals surface area contributed by atoms with Crippen LogP contribution in [0.5, 0.6) is 5.88 Å². The Labute approximate surface area is 165 Å². The maximum absolute atomic E-state index is 13.5. The van der Waals surface area contributed by atoms with Crippen molar-refractivity contribution in [3.05, 3.63) is 56.2 Å². The summed E-state index contributed by atoms with van der Waals surface area (Å²) in [4.78, 5) is 20.6. The monoisotopic (exact) mass is 402 g/mol. The van der Waals surface area contributed by atoms with Crippen molar-refractivity contribution >= 4 is 28.9 Å². The first-order valence-electron chi connectivity index (χ1n) is 8.87. The minimum absolute atomic E-state index is 0.208. The number of halogens is 1. The van der Waals surface area contributed by atoms with E-state index in [9.17, 15) is 9.90 Å². The predicted molar refractivity (Wildman–Crippen MR) is 105 cm³/mol. The lowest BCUT2D eigenvalue weighted by molar-refractivity contribution is -0.723. The fourth-order valence-electron chi connectivity index (χ4n) is 3.68. The predicted octanol–water partition coefficient (Wildman–Crippen LogP) is 2.44. The quantitative estimate of drug-likeness (QED) is 0.629. The highest BCUT2D eigenvalue weighted by Gasteiger charge is 2.42. The average Bonchev–Trinajstić information content (AvgIpc) is 3.27. The van der Waals surface area contributed by atoms with Crippen LogP contribution in [0.15, 0.2) is 41.3 Å². The molecule has 0 spiro atoms. The third kappa shape index (κ3) is 2.82. The van der Waals surface area contributed by atoms with Crippen LogP contribution in [-0.2, 0) is 6.54 Å². The fourth-order valence-corrected chi connectivity index (χ4v) is 4.71. The van der Waals surface area contributed by atoms with E-state index in [2.05, 4.69) is 9.88 Å². The molecular weight excluding hydrogens is 384 g/mol. The Morgan fingerprint density at radius 1 is 1.33 bits per heavy atom. The first kappa shape index (κ1) is 18.0. The highest BCUT2D eigenvalue weighted by Crippen LogP contribution is 2.35. The molecule has 0 saturated heterocycles. The Morgan fingerprint density at radius 2 is 2.07 bits per heavy atom. The number of fused-ring (bicyclic) bond motifs is 1. The van der Waals surface area contributed by atoms with Gasteiger partial charge in [-0.1, -0.05) is 41.9 Å². The SMILES string of the molecule is CCN1CC(c2cnc(Cl)s2)n2c1[n+](CC)c([O-])c(-c1ccccc1)c2=O. The van der Waals surface area contributed by atoms with Crippen LogP contribution in [0, 0.1) is 0 Å². The number of hydrogen-bond acceptors (Lipinski definition) is 5. The van der Waals surface area contributed by atoms with E-state index in [1.54, 1.807) is 27.5 Å². The van der Waals surface area contributed by atoms with E-state index in [1.165, 1.54) is 11.3 Å². The number of thiazole rings is 1. The molecule has 8 heteroatoms. The van der Waals surface area contributed by atoms with Crippen molar-refractivity contribution in [1.29, 1.82) is 0 Å². The van der Waals surface area contributed by atoms with Gasteiger partial charge in [0, 0.05) is 12.1 Å². The largest absolute Gasteiger partial charge is 0.848 e. The zero-order valence-electron chi connectivity index (χ0n) is 15.1. The van der Waals surface area contributed by atoms with E-state index in [1.807, 2.05) is 32.0 Å². The van der Waals surface area contributed by atoms with Gasteiger partial charge < -0.3 is 5.11 Å². The maximum atomic E-state index is 13.5. The molecule has 3 heterocycles. The van der Waals surface area contributed by atoms with Crippen molar-refractivity contribution in [2.45, 2.75) is 26.4 Å². The van der Waals surface area contributed by atoms with Crippen molar-refractivity contribution in [3.63, 3.8) is 0 Å². The Balaban J connectivity index is 2.04. The van der Waals surface area contributed by atoms with Crippen LogP contribution >= 0.6 is 22.9 Å². The summed E-state index contributed by atoms with van der Waals surface area (Å²) in [7, 11) is 0. The van der Waals surface area contributed by atoms with E-state index in [-0.39, 0.29) is 23.0 Å². The Bertz CT molecular complexity index is 1050. The Kier molecular flexibility index (Phi) is 4.65. The lowest BCUT2D eigenvalue weighted by atomic mass is 10.1. The van der Waals surface area contributed by atoms with E-state index < -0.39 is 0 Å². The number of aromatic nitrogens is 3. The molecule has 6 nitrogen and oxygen atoms in total. The molecule has 0 amide bonds. The van der Waals surface area contributed by atoms with Gasteiger partial charge >= 0.3 is 11.5 Å². The van der Waals surface area contributed by atoms with Crippen molar-refractivity contribution in [1.82, 2.24) is 9.55 Å². The summed E-state index contributed by atoms with van der Waals surface area (Å²) in [5.74, 6) is 0.408. The first-order chi connectivity index (χ1) is 13.1.